The Labute approximate surface area is 118 Å². The molecule has 0 unspecified atom stereocenters. The molecule has 0 saturated carbocycles. The molecule has 2 heterocycles. The molecule has 0 radical (unpaired) electrons. The highest BCUT2D eigenvalue weighted by molar-refractivity contribution is 9.10. The molecule has 0 N–H and O–H groups in total. The number of aromatic nitrogens is 2. The molecule has 0 amide bonds. The zero-order valence-corrected chi connectivity index (χ0v) is 12.0. The van der Waals surface area contributed by atoms with Gasteiger partial charge in [-0.3, -0.25) is 0 Å². The molecule has 0 bridgehead atoms. The second-order valence-corrected chi connectivity index (χ2v) is 5.26. The fourth-order valence-electron chi connectivity index (χ4n) is 2.04. The number of imidazole rings is 1. The van der Waals surface area contributed by atoms with Gasteiger partial charge in [0.2, 0.25) is 0 Å². The first-order valence-corrected chi connectivity index (χ1v) is 6.73. The third-order valence-corrected chi connectivity index (χ3v) is 3.87. The number of nitrogens with zero attached hydrogens (tertiary/aromatic N) is 2. The monoisotopic (exact) mass is 320 g/mol. The molecule has 0 aliphatic rings. The van der Waals surface area contributed by atoms with Crippen LogP contribution in [0, 0.1) is 6.92 Å². The maximum absolute atomic E-state index is 6.22. The van der Waals surface area contributed by atoms with Crippen LogP contribution >= 0.6 is 27.5 Å². The Bertz CT molecular complexity index is 734. The molecule has 90 valence electrons. The lowest BCUT2D eigenvalue weighted by atomic mass is 10.1. The van der Waals surface area contributed by atoms with Gasteiger partial charge in [0.05, 0.1) is 5.52 Å². The van der Waals surface area contributed by atoms with Crippen molar-refractivity contribution in [2.75, 3.05) is 0 Å². The first kappa shape index (κ1) is 11.8. The van der Waals surface area contributed by atoms with E-state index in [1.807, 2.05) is 37.3 Å². The highest BCUT2D eigenvalue weighted by Gasteiger charge is 2.08. The number of aryl methyl sites for hydroxylation is 1. The van der Waals surface area contributed by atoms with Crippen LogP contribution in [0.2, 0.25) is 5.02 Å². The summed E-state index contributed by atoms with van der Waals surface area (Å²) in [5, 5.41) is 0.758. The minimum atomic E-state index is 0.758. The molecule has 4 heteroatoms. The van der Waals surface area contributed by atoms with Crippen molar-refractivity contribution in [3.63, 3.8) is 0 Å². The van der Waals surface area contributed by atoms with Crippen molar-refractivity contribution >= 4 is 33.0 Å². The summed E-state index contributed by atoms with van der Waals surface area (Å²) < 4.78 is 2.92. The zero-order valence-electron chi connectivity index (χ0n) is 9.69. The molecule has 2 aromatic heterocycles. The van der Waals surface area contributed by atoms with Gasteiger partial charge in [-0.2, -0.15) is 0 Å². The Morgan fingerprint density at radius 2 is 1.94 bits per heavy atom. The molecule has 18 heavy (non-hydrogen) atoms. The van der Waals surface area contributed by atoms with Crippen molar-refractivity contribution in [2.24, 2.45) is 0 Å². The van der Waals surface area contributed by atoms with Crippen LogP contribution in [0.5, 0.6) is 0 Å². The minimum Gasteiger partial charge on any atom is -0.302 e. The van der Waals surface area contributed by atoms with E-state index in [4.69, 9.17) is 11.6 Å². The fraction of sp³-hybridized carbons (Fsp3) is 0.0714. The number of halogens is 2. The fourth-order valence-corrected chi connectivity index (χ4v) is 2.87. The molecular formula is C14H10BrClN2. The molecule has 0 fully saturated rings. The lowest BCUT2D eigenvalue weighted by molar-refractivity contribution is 1.04. The molecule has 0 aliphatic heterocycles. The Morgan fingerprint density at radius 3 is 2.72 bits per heavy atom. The van der Waals surface area contributed by atoms with E-state index in [1.54, 1.807) is 0 Å². The number of hydrogen-bond acceptors (Lipinski definition) is 1. The molecule has 0 atom stereocenters. The van der Waals surface area contributed by atoms with Crippen molar-refractivity contribution in [2.45, 2.75) is 6.92 Å². The van der Waals surface area contributed by atoms with Crippen LogP contribution in [-0.2, 0) is 0 Å². The van der Waals surface area contributed by atoms with Crippen LogP contribution in [0.25, 0.3) is 16.6 Å². The number of hydrogen-bond donors (Lipinski definition) is 0. The second-order valence-electron chi connectivity index (χ2n) is 4.10. The van der Waals surface area contributed by atoms with Crippen LogP contribution in [0.3, 0.4) is 0 Å². The summed E-state index contributed by atoms with van der Waals surface area (Å²) in [7, 11) is 0. The maximum atomic E-state index is 6.22. The van der Waals surface area contributed by atoms with Crippen LogP contribution in [0.15, 0.2) is 47.2 Å². The van der Waals surface area contributed by atoms with E-state index in [0.717, 1.165) is 32.1 Å². The summed E-state index contributed by atoms with van der Waals surface area (Å²) in [5.41, 5.74) is 3.18. The predicted molar refractivity (Wildman–Crippen MR) is 78.1 cm³/mol. The average molecular weight is 322 g/mol. The lowest BCUT2D eigenvalue weighted by Crippen LogP contribution is -1.89. The summed E-state index contributed by atoms with van der Waals surface area (Å²) in [6, 6.07) is 11.9. The summed E-state index contributed by atoms with van der Waals surface area (Å²) in [6.07, 6.45) is 2.06. The molecule has 3 aromatic rings. The van der Waals surface area contributed by atoms with Gasteiger partial charge in [-0.05, 0) is 40.5 Å². The van der Waals surface area contributed by atoms with Gasteiger partial charge in [-0.15, -0.1) is 0 Å². The smallest absolute Gasteiger partial charge is 0.132 e. The lowest BCUT2D eigenvalue weighted by Gasteiger charge is -2.06. The molecule has 0 aliphatic carbocycles. The number of fused-ring (bicyclic) bond motifs is 1. The molecule has 2 nitrogen and oxygen atoms in total. The maximum Gasteiger partial charge on any atom is 0.132 e. The van der Waals surface area contributed by atoms with Gasteiger partial charge in [0, 0.05) is 16.8 Å². The van der Waals surface area contributed by atoms with Gasteiger partial charge in [0.15, 0.2) is 0 Å². The van der Waals surface area contributed by atoms with Gasteiger partial charge in [-0.25, -0.2) is 4.98 Å². The zero-order chi connectivity index (χ0) is 12.7. The minimum absolute atomic E-state index is 0.758. The Kier molecular flexibility index (Phi) is 2.88. The molecule has 0 spiro atoms. The van der Waals surface area contributed by atoms with Crippen LogP contribution in [-0.4, -0.2) is 9.38 Å². The number of benzene rings is 1. The quantitative estimate of drug-likeness (QED) is 0.633. The Hall–Kier alpha value is -1.32. The van der Waals surface area contributed by atoms with Gasteiger partial charge in [0.1, 0.15) is 10.4 Å². The second kappa shape index (κ2) is 4.41. The highest BCUT2D eigenvalue weighted by atomic mass is 79.9. The van der Waals surface area contributed by atoms with Gasteiger partial charge < -0.3 is 4.40 Å². The third kappa shape index (κ3) is 1.84. The topological polar surface area (TPSA) is 17.3 Å². The van der Waals surface area contributed by atoms with E-state index in [0.29, 0.717) is 0 Å². The molecule has 0 saturated heterocycles. The van der Waals surface area contributed by atoms with E-state index >= 15 is 0 Å². The normalized spacial score (nSPS) is 11.1. The largest absolute Gasteiger partial charge is 0.302 e. The van der Waals surface area contributed by atoms with Crippen molar-refractivity contribution in [1.82, 2.24) is 9.38 Å². The first-order chi connectivity index (χ1) is 8.66. The standard InChI is InChI=1S/C14H10BrClN2/c1-9-17-14(15)13-7-6-10(8-18(9)13)11-4-2-3-5-12(11)16/h2-8H,1H3. The van der Waals surface area contributed by atoms with Gasteiger partial charge >= 0.3 is 0 Å². The Morgan fingerprint density at radius 1 is 1.17 bits per heavy atom. The molecule has 1 aromatic carbocycles. The first-order valence-electron chi connectivity index (χ1n) is 5.56. The summed E-state index contributed by atoms with van der Waals surface area (Å²) in [6.45, 7) is 1.98. The SMILES string of the molecule is Cc1nc(Br)c2ccc(-c3ccccc3Cl)cn12. The van der Waals surface area contributed by atoms with Crippen LogP contribution < -0.4 is 0 Å². The van der Waals surface area contributed by atoms with E-state index in [1.165, 1.54) is 0 Å². The van der Waals surface area contributed by atoms with Gasteiger partial charge in [-0.1, -0.05) is 35.9 Å². The van der Waals surface area contributed by atoms with Crippen LogP contribution in [0.4, 0.5) is 0 Å². The summed E-state index contributed by atoms with van der Waals surface area (Å²) >= 11 is 9.68. The third-order valence-electron chi connectivity index (χ3n) is 2.95. The van der Waals surface area contributed by atoms with E-state index < -0.39 is 0 Å². The summed E-state index contributed by atoms with van der Waals surface area (Å²) in [5.74, 6) is 0.950. The van der Waals surface area contributed by atoms with E-state index in [9.17, 15) is 0 Å². The number of pyridine rings is 1. The number of rotatable bonds is 1. The highest BCUT2D eigenvalue weighted by Crippen LogP contribution is 2.29. The van der Waals surface area contributed by atoms with Crippen molar-refractivity contribution in [3.05, 3.63) is 58.0 Å². The molecular weight excluding hydrogens is 312 g/mol. The van der Waals surface area contributed by atoms with Gasteiger partial charge in [0.25, 0.3) is 0 Å². The Balaban J connectivity index is 2.26. The average Bonchev–Trinajstić information content (AvgIpc) is 2.65. The van der Waals surface area contributed by atoms with Crippen molar-refractivity contribution < 1.29 is 0 Å². The predicted octanol–water partition coefficient (Wildman–Crippen LogP) is 4.73. The van der Waals surface area contributed by atoms with Crippen molar-refractivity contribution in [1.29, 1.82) is 0 Å². The van der Waals surface area contributed by atoms with E-state index in [2.05, 4.69) is 37.6 Å². The summed E-state index contributed by atoms with van der Waals surface area (Å²) in [4.78, 5) is 4.39. The van der Waals surface area contributed by atoms with Crippen molar-refractivity contribution in [3.8, 4) is 11.1 Å². The van der Waals surface area contributed by atoms with E-state index in [-0.39, 0.29) is 0 Å². The van der Waals surface area contributed by atoms with Crippen LogP contribution in [0.1, 0.15) is 5.82 Å². The molecule has 3 rings (SSSR count).